The second-order valence-corrected chi connectivity index (χ2v) is 5.99. The van der Waals surface area contributed by atoms with Gasteiger partial charge in [-0.2, -0.15) is 24.9 Å². The third-order valence-electron chi connectivity index (χ3n) is 3.34. The monoisotopic (exact) mass is 313 g/mol. The van der Waals surface area contributed by atoms with Crippen LogP contribution in [0.25, 0.3) is 0 Å². The lowest BCUT2D eigenvalue weighted by Gasteiger charge is -2.36. The number of halogens is 3. The van der Waals surface area contributed by atoms with Crippen LogP contribution >= 0.6 is 11.8 Å². The minimum atomic E-state index is -4.15. The SMILES string of the molecule is CN=C(NCCC(F)(F)F)NCC1(SC)CCOCC1. The standard InChI is InChI=1S/C12H22F3N3OS/c1-16-10(17-6-3-12(13,14)15)18-9-11(20-2)4-7-19-8-5-11/h3-9H2,1-2H3,(H2,16,17,18). The molecular weight excluding hydrogens is 291 g/mol. The molecule has 1 rings (SSSR count). The molecule has 8 heteroatoms. The Morgan fingerprint density at radius 1 is 1.30 bits per heavy atom. The Balaban J connectivity index is 2.36. The zero-order valence-corrected chi connectivity index (χ0v) is 12.7. The highest BCUT2D eigenvalue weighted by Gasteiger charge is 2.32. The van der Waals surface area contributed by atoms with Crippen LogP contribution in [-0.2, 0) is 4.74 Å². The van der Waals surface area contributed by atoms with Crippen LogP contribution in [0.4, 0.5) is 13.2 Å². The number of hydrogen-bond donors (Lipinski definition) is 2. The van der Waals surface area contributed by atoms with Gasteiger partial charge in [0.05, 0.1) is 6.42 Å². The molecule has 1 aliphatic rings. The zero-order chi connectivity index (χ0) is 15.1. The number of nitrogens with one attached hydrogen (secondary N) is 2. The molecule has 2 N–H and O–H groups in total. The number of hydrogen-bond acceptors (Lipinski definition) is 3. The summed E-state index contributed by atoms with van der Waals surface area (Å²) in [5.41, 5.74) is 0. The van der Waals surface area contributed by atoms with Gasteiger partial charge in [0.1, 0.15) is 0 Å². The number of thioether (sulfide) groups is 1. The van der Waals surface area contributed by atoms with Gasteiger partial charge in [-0.1, -0.05) is 0 Å². The van der Waals surface area contributed by atoms with E-state index in [9.17, 15) is 13.2 Å². The summed E-state index contributed by atoms with van der Waals surface area (Å²) in [6.07, 6.45) is -1.10. The average Bonchev–Trinajstić information content (AvgIpc) is 2.42. The van der Waals surface area contributed by atoms with Crippen molar-refractivity contribution in [2.24, 2.45) is 4.99 Å². The van der Waals surface area contributed by atoms with Crippen LogP contribution in [0.2, 0.25) is 0 Å². The molecule has 0 aromatic carbocycles. The summed E-state index contributed by atoms with van der Waals surface area (Å²) in [5, 5.41) is 5.80. The summed E-state index contributed by atoms with van der Waals surface area (Å²) in [7, 11) is 1.55. The van der Waals surface area contributed by atoms with Gasteiger partial charge in [-0.25, -0.2) is 0 Å². The number of aliphatic imine (C=N–C) groups is 1. The van der Waals surface area contributed by atoms with E-state index in [1.807, 2.05) is 6.26 Å². The minimum Gasteiger partial charge on any atom is -0.381 e. The average molecular weight is 313 g/mol. The maximum Gasteiger partial charge on any atom is 0.390 e. The van der Waals surface area contributed by atoms with E-state index in [2.05, 4.69) is 15.6 Å². The Morgan fingerprint density at radius 3 is 2.45 bits per heavy atom. The Labute approximate surface area is 121 Å². The van der Waals surface area contributed by atoms with Gasteiger partial charge in [0.15, 0.2) is 5.96 Å². The molecule has 118 valence electrons. The fraction of sp³-hybridized carbons (Fsp3) is 0.917. The van der Waals surface area contributed by atoms with Crippen LogP contribution in [0.15, 0.2) is 4.99 Å². The van der Waals surface area contributed by atoms with Gasteiger partial charge in [-0.05, 0) is 19.1 Å². The molecule has 0 aliphatic carbocycles. The molecule has 0 amide bonds. The normalized spacial score (nSPS) is 19.8. The van der Waals surface area contributed by atoms with E-state index in [0.29, 0.717) is 12.5 Å². The molecule has 0 unspecified atom stereocenters. The molecule has 1 fully saturated rings. The Hall–Kier alpha value is -0.630. The first-order valence-electron chi connectivity index (χ1n) is 6.55. The summed E-state index contributed by atoms with van der Waals surface area (Å²) < 4.78 is 41.7. The Kier molecular flexibility index (Phi) is 6.94. The second-order valence-electron chi connectivity index (χ2n) is 4.72. The molecule has 0 bridgehead atoms. The van der Waals surface area contributed by atoms with Gasteiger partial charge >= 0.3 is 6.18 Å². The van der Waals surface area contributed by atoms with E-state index in [1.54, 1.807) is 18.8 Å². The first-order chi connectivity index (χ1) is 9.41. The highest BCUT2D eigenvalue weighted by atomic mass is 32.2. The summed E-state index contributed by atoms with van der Waals surface area (Å²) >= 11 is 1.77. The zero-order valence-electron chi connectivity index (χ0n) is 11.8. The number of guanidine groups is 1. The maximum absolute atomic E-state index is 12.1. The third-order valence-corrected chi connectivity index (χ3v) is 4.76. The highest BCUT2D eigenvalue weighted by molar-refractivity contribution is 8.00. The quantitative estimate of drug-likeness (QED) is 0.602. The molecule has 1 saturated heterocycles. The van der Waals surface area contributed by atoms with Crippen LogP contribution < -0.4 is 10.6 Å². The van der Waals surface area contributed by atoms with Crippen molar-refractivity contribution in [1.82, 2.24) is 10.6 Å². The van der Waals surface area contributed by atoms with Crippen LogP contribution in [0.1, 0.15) is 19.3 Å². The van der Waals surface area contributed by atoms with Crippen LogP contribution in [0.3, 0.4) is 0 Å². The van der Waals surface area contributed by atoms with Crippen molar-refractivity contribution in [2.75, 3.05) is 39.6 Å². The van der Waals surface area contributed by atoms with Gasteiger partial charge < -0.3 is 15.4 Å². The fourth-order valence-electron chi connectivity index (χ4n) is 1.98. The predicted octanol–water partition coefficient (Wildman–Crippen LogP) is 2.02. The fourth-order valence-corrected chi connectivity index (χ4v) is 2.78. The molecule has 0 atom stereocenters. The van der Waals surface area contributed by atoms with Gasteiger partial charge in [-0.15, -0.1) is 0 Å². The molecule has 1 aliphatic heterocycles. The largest absolute Gasteiger partial charge is 0.390 e. The van der Waals surface area contributed by atoms with Crippen molar-refractivity contribution < 1.29 is 17.9 Å². The Bertz CT molecular complexity index is 318. The van der Waals surface area contributed by atoms with Crippen molar-refractivity contribution in [3.05, 3.63) is 0 Å². The van der Waals surface area contributed by atoms with Crippen molar-refractivity contribution in [2.45, 2.75) is 30.2 Å². The molecule has 0 aromatic heterocycles. The number of rotatable bonds is 5. The topological polar surface area (TPSA) is 45.7 Å². The molecule has 1 heterocycles. The summed E-state index contributed by atoms with van der Waals surface area (Å²) in [6.45, 7) is 1.95. The molecule has 0 aromatic rings. The van der Waals surface area contributed by atoms with Gasteiger partial charge in [0, 0.05) is 38.1 Å². The molecule has 0 spiro atoms. The van der Waals surface area contributed by atoms with E-state index in [-0.39, 0.29) is 11.3 Å². The lowest BCUT2D eigenvalue weighted by atomic mass is 9.99. The van der Waals surface area contributed by atoms with Crippen LogP contribution in [0.5, 0.6) is 0 Å². The van der Waals surface area contributed by atoms with E-state index in [0.717, 1.165) is 26.1 Å². The summed E-state index contributed by atoms with van der Waals surface area (Å²) in [4.78, 5) is 3.94. The maximum atomic E-state index is 12.1. The number of ether oxygens (including phenoxy) is 1. The van der Waals surface area contributed by atoms with E-state index < -0.39 is 12.6 Å². The lowest BCUT2D eigenvalue weighted by molar-refractivity contribution is -0.132. The molecular formula is C12H22F3N3OS. The first-order valence-corrected chi connectivity index (χ1v) is 7.77. The van der Waals surface area contributed by atoms with E-state index >= 15 is 0 Å². The first kappa shape index (κ1) is 17.4. The van der Waals surface area contributed by atoms with Crippen molar-refractivity contribution in [3.8, 4) is 0 Å². The number of alkyl halides is 3. The van der Waals surface area contributed by atoms with E-state index in [1.165, 1.54) is 0 Å². The minimum absolute atomic E-state index is 0.0693. The summed E-state index contributed by atoms with van der Waals surface area (Å²) in [6, 6.07) is 0. The highest BCUT2D eigenvalue weighted by Crippen LogP contribution is 2.32. The van der Waals surface area contributed by atoms with E-state index in [4.69, 9.17) is 4.74 Å². The smallest absolute Gasteiger partial charge is 0.381 e. The van der Waals surface area contributed by atoms with Crippen molar-refractivity contribution in [3.63, 3.8) is 0 Å². The van der Waals surface area contributed by atoms with Crippen molar-refractivity contribution >= 4 is 17.7 Å². The molecule has 0 radical (unpaired) electrons. The van der Waals surface area contributed by atoms with Gasteiger partial charge in [-0.3, -0.25) is 4.99 Å². The second kappa shape index (κ2) is 7.97. The lowest BCUT2D eigenvalue weighted by Crippen LogP contribution is -2.48. The van der Waals surface area contributed by atoms with Crippen LogP contribution in [0, 0.1) is 0 Å². The van der Waals surface area contributed by atoms with Crippen LogP contribution in [-0.4, -0.2) is 56.5 Å². The molecule has 4 nitrogen and oxygen atoms in total. The Morgan fingerprint density at radius 2 is 1.95 bits per heavy atom. The van der Waals surface area contributed by atoms with Crippen molar-refractivity contribution in [1.29, 1.82) is 0 Å². The number of nitrogens with zero attached hydrogens (tertiary/aromatic N) is 1. The molecule has 20 heavy (non-hydrogen) atoms. The summed E-state index contributed by atoms with van der Waals surface area (Å²) in [5.74, 6) is 0.411. The predicted molar refractivity (Wildman–Crippen MR) is 76.3 cm³/mol. The third kappa shape index (κ3) is 6.21. The molecule has 0 saturated carbocycles. The van der Waals surface area contributed by atoms with Gasteiger partial charge in [0.2, 0.25) is 0 Å². The van der Waals surface area contributed by atoms with Gasteiger partial charge in [0.25, 0.3) is 0 Å².